The smallest absolute Gasteiger partial charge is 0.315 e. The molecular formula is C21H23N3O2. The van der Waals surface area contributed by atoms with Gasteiger partial charge in [-0.25, -0.2) is 4.79 Å². The van der Waals surface area contributed by atoms with Gasteiger partial charge in [0.05, 0.1) is 6.54 Å². The summed E-state index contributed by atoms with van der Waals surface area (Å²) in [7, 11) is 0. The molecule has 0 aromatic heterocycles. The minimum atomic E-state index is -0.265. The lowest BCUT2D eigenvalue weighted by Crippen LogP contribution is -2.45. The first-order chi connectivity index (χ1) is 12.7. The van der Waals surface area contributed by atoms with Gasteiger partial charge in [0.25, 0.3) is 0 Å². The van der Waals surface area contributed by atoms with E-state index in [-0.39, 0.29) is 24.5 Å². The van der Waals surface area contributed by atoms with Crippen molar-refractivity contribution in [3.8, 4) is 0 Å². The van der Waals surface area contributed by atoms with Crippen molar-refractivity contribution in [1.29, 1.82) is 0 Å². The molecule has 1 fully saturated rings. The van der Waals surface area contributed by atoms with Crippen molar-refractivity contribution in [2.75, 3.05) is 13.1 Å². The second kappa shape index (κ2) is 7.20. The maximum atomic E-state index is 12.4. The van der Waals surface area contributed by atoms with Crippen LogP contribution in [0.2, 0.25) is 0 Å². The van der Waals surface area contributed by atoms with E-state index in [0.29, 0.717) is 19.0 Å². The molecule has 134 valence electrons. The molecule has 2 aromatic carbocycles. The molecule has 0 bridgehead atoms. The highest BCUT2D eigenvalue weighted by Crippen LogP contribution is 2.40. The van der Waals surface area contributed by atoms with Gasteiger partial charge in [-0.1, -0.05) is 54.6 Å². The maximum absolute atomic E-state index is 12.4. The van der Waals surface area contributed by atoms with Crippen molar-refractivity contribution < 1.29 is 9.59 Å². The third kappa shape index (κ3) is 3.72. The predicted molar refractivity (Wildman–Crippen MR) is 99.7 cm³/mol. The Hall–Kier alpha value is -2.82. The average molecular weight is 349 g/mol. The van der Waals surface area contributed by atoms with Crippen LogP contribution in [-0.4, -0.2) is 36.0 Å². The molecule has 0 spiro atoms. The first kappa shape index (κ1) is 16.6. The van der Waals surface area contributed by atoms with Crippen molar-refractivity contribution in [1.82, 2.24) is 15.5 Å². The average Bonchev–Trinajstić information content (AvgIpc) is 3.45. The van der Waals surface area contributed by atoms with Crippen LogP contribution in [0.15, 0.2) is 54.6 Å². The molecule has 2 N–H and O–H groups in total. The van der Waals surface area contributed by atoms with E-state index in [4.69, 9.17) is 0 Å². The summed E-state index contributed by atoms with van der Waals surface area (Å²) < 4.78 is 0. The predicted octanol–water partition coefficient (Wildman–Crippen LogP) is 2.43. The van der Waals surface area contributed by atoms with Crippen LogP contribution in [0.3, 0.4) is 0 Å². The molecule has 2 aliphatic rings. The first-order valence-corrected chi connectivity index (χ1v) is 9.14. The van der Waals surface area contributed by atoms with E-state index in [1.807, 2.05) is 35.2 Å². The quantitative estimate of drug-likeness (QED) is 0.891. The molecule has 5 nitrogen and oxygen atoms in total. The Morgan fingerprint density at radius 1 is 1.00 bits per heavy atom. The van der Waals surface area contributed by atoms with E-state index in [1.165, 1.54) is 16.7 Å². The summed E-state index contributed by atoms with van der Waals surface area (Å²) in [6.45, 7) is 1.37. The molecular weight excluding hydrogens is 326 g/mol. The number of carbonyl (C=O) groups excluding carboxylic acids is 2. The Bertz CT molecular complexity index is 806. The Morgan fingerprint density at radius 2 is 1.73 bits per heavy atom. The Morgan fingerprint density at radius 3 is 2.54 bits per heavy atom. The van der Waals surface area contributed by atoms with Crippen LogP contribution in [-0.2, 0) is 17.8 Å². The highest BCUT2D eigenvalue weighted by atomic mass is 16.2. The van der Waals surface area contributed by atoms with Gasteiger partial charge in [-0.2, -0.15) is 0 Å². The molecule has 0 radical (unpaired) electrons. The summed E-state index contributed by atoms with van der Waals surface area (Å²) in [5, 5.41) is 5.66. The Kier molecular flexibility index (Phi) is 4.61. The standard InChI is InChI=1S/C21H23N3O2/c25-20(24-11-10-15-6-4-5-9-17(15)14-24)13-22-21(26)23-19-12-18(19)16-7-2-1-3-8-16/h1-9,18-19H,10-14H2,(H2,22,23,26). The molecule has 26 heavy (non-hydrogen) atoms. The van der Waals surface area contributed by atoms with Crippen LogP contribution in [0.1, 0.15) is 29.0 Å². The number of nitrogens with zero attached hydrogens (tertiary/aromatic N) is 1. The minimum Gasteiger partial charge on any atom is -0.336 e. The van der Waals surface area contributed by atoms with Gasteiger partial charge in [-0.05, 0) is 29.5 Å². The highest BCUT2D eigenvalue weighted by Gasteiger charge is 2.39. The summed E-state index contributed by atoms with van der Waals surface area (Å²) in [6, 6.07) is 18.3. The van der Waals surface area contributed by atoms with E-state index in [2.05, 4.69) is 34.9 Å². The SMILES string of the molecule is O=C(NCC(=O)N1CCc2ccccc2C1)NC1CC1c1ccccc1. The third-order valence-electron chi connectivity index (χ3n) is 5.22. The number of fused-ring (bicyclic) bond motifs is 1. The fourth-order valence-electron chi connectivity index (χ4n) is 3.62. The molecule has 1 heterocycles. The van der Waals surface area contributed by atoms with Gasteiger partial charge in [-0.3, -0.25) is 4.79 Å². The number of amides is 3. The summed E-state index contributed by atoms with van der Waals surface area (Å²) >= 11 is 0. The number of hydrogen-bond acceptors (Lipinski definition) is 2. The molecule has 2 aromatic rings. The van der Waals surface area contributed by atoms with E-state index in [0.717, 1.165) is 12.8 Å². The Balaban J connectivity index is 1.22. The summed E-state index contributed by atoms with van der Waals surface area (Å²) in [4.78, 5) is 26.3. The lowest BCUT2D eigenvalue weighted by molar-refractivity contribution is -0.131. The fraction of sp³-hybridized carbons (Fsp3) is 0.333. The maximum Gasteiger partial charge on any atom is 0.315 e. The number of carbonyl (C=O) groups is 2. The van der Waals surface area contributed by atoms with E-state index in [9.17, 15) is 9.59 Å². The van der Waals surface area contributed by atoms with Gasteiger partial charge in [0, 0.05) is 25.0 Å². The molecule has 2 unspecified atom stereocenters. The molecule has 2 atom stereocenters. The van der Waals surface area contributed by atoms with Crippen LogP contribution in [0, 0.1) is 0 Å². The van der Waals surface area contributed by atoms with Gasteiger partial charge in [0.1, 0.15) is 0 Å². The van der Waals surface area contributed by atoms with Crippen molar-refractivity contribution in [2.45, 2.75) is 31.3 Å². The lowest BCUT2D eigenvalue weighted by atomic mass is 10.00. The van der Waals surface area contributed by atoms with Gasteiger partial charge in [0.15, 0.2) is 0 Å². The monoisotopic (exact) mass is 349 g/mol. The lowest BCUT2D eigenvalue weighted by Gasteiger charge is -2.29. The van der Waals surface area contributed by atoms with Crippen molar-refractivity contribution in [2.24, 2.45) is 0 Å². The van der Waals surface area contributed by atoms with Gasteiger partial charge >= 0.3 is 6.03 Å². The van der Waals surface area contributed by atoms with Crippen molar-refractivity contribution in [3.05, 3.63) is 71.3 Å². The zero-order valence-electron chi connectivity index (χ0n) is 14.7. The fourth-order valence-corrected chi connectivity index (χ4v) is 3.62. The molecule has 1 aliphatic carbocycles. The zero-order chi connectivity index (χ0) is 17.9. The van der Waals surface area contributed by atoms with Crippen LogP contribution in [0.5, 0.6) is 0 Å². The number of urea groups is 1. The van der Waals surface area contributed by atoms with Gasteiger partial charge in [-0.15, -0.1) is 0 Å². The first-order valence-electron chi connectivity index (χ1n) is 9.14. The molecule has 1 saturated carbocycles. The molecule has 1 aliphatic heterocycles. The zero-order valence-corrected chi connectivity index (χ0v) is 14.7. The highest BCUT2D eigenvalue weighted by molar-refractivity contribution is 5.84. The molecule has 3 amide bonds. The molecule has 5 heteroatoms. The van der Waals surface area contributed by atoms with E-state index >= 15 is 0 Å². The van der Waals surface area contributed by atoms with Gasteiger partial charge < -0.3 is 15.5 Å². The van der Waals surface area contributed by atoms with Crippen LogP contribution in [0.25, 0.3) is 0 Å². The Labute approximate surface area is 153 Å². The largest absolute Gasteiger partial charge is 0.336 e. The van der Waals surface area contributed by atoms with Crippen LogP contribution >= 0.6 is 0 Å². The number of benzene rings is 2. The van der Waals surface area contributed by atoms with Crippen molar-refractivity contribution >= 4 is 11.9 Å². The van der Waals surface area contributed by atoms with Crippen LogP contribution in [0.4, 0.5) is 4.79 Å². The topological polar surface area (TPSA) is 61.4 Å². The normalized spacial score (nSPS) is 20.8. The number of hydrogen-bond donors (Lipinski definition) is 2. The number of nitrogens with one attached hydrogen (secondary N) is 2. The van der Waals surface area contributed by atoms with E-state index < -0.39 is 0 Å². The summed E-state index contributed by atoms with van der Waals surface area (Å²) in [5.74, 6) is 0.348. The van der Waals surface area contributed by atoms with Crippen molar-refractivity contribution in [3.63, 3.8) is 0 Å². The second-order valence-corrected chi connectivity index (χ2v) is 7.02. The number of rotatable bonds is 4. The van der Waals surface area contributed by atoms with Gasteiger partial charge in [0.2, 0.25) is 5.91 Å². The van der Waals surface area contributed by atoms with Crippen LogP contribution < -0.4 is 10.6 Å². The summed E-state index contributed by atoms with van der Waals surface area (Å²) in [5.41, 5.74) is 3.75. The molecule has 0 saturated heterocycles. The minimum absolute atomic E-state index is 0.0370. The molecule has 4 rings (SSSR count). The summed E-state index contributed by atoms with van der Waals surface area (Å²) in [6.07, 6.45) is 1.82. The third-order valence-corrected chi connectivity index (χ3v) is 5.22. The van der Waals surface area contributed by atoms with E-state index in [1.54, 1.807) is 0 Å². The second-order valence-electron chi connectivity index (χ2n) is 7.02.